The Bertz CT molecular complexity index is 1310. The number of halogens is 2. The third-order valence-corrected chi connectivity index (χ3v) is 5.31. The zero-order valence-electron chi connectivity index (χ0n) is 15.7. The summed E-state index contributed by atoms with van der Waals surface area (Å²) in [5, 5.41) is 11.8. The first-order valence-electron chi connectivity index (χ1n) is 9.03. The second-order valence-corrected chi connectivity index (χ2v) is 7.49. The van der Waals surface area contributed by atoms with Gasteiger partial charge in [-0.25, -0.2) is 0 Å². The Morgan fingerprint density at radius 1 is 0.903 bits per heavy atom. The van der Waals surface area contributed by atoms with Crippen molar-refractivity contribution in [2.75, 3.05) is 11.9 Å². The number of nitrogens with one attached hydrogen (secondary N) is 1. The monoisotopic (exact) mass is 450 g/mol. The molecule has 0 atom stereocenters. The van der Waals surface area contributed by atoms with Crippen LogP contribution >= 0.6 is 23.2 Å². The van der Waals surface area contributed by atoms with Crippen molar-refractivity contribution in [3.63, 3.8) is 0 Å². The first-order valence-corrected chi connectivity index (χ1v) is 9.79. The van der Waals surface area contributed by atoms with Crippen LogP contribution in [0.5, 0.6) is 5.75 Å². The number of nitriles is 1. The largest absolute Gasteiger partial charge is 0.482 e. The number of amides is 1. The third-order valence-electron chi connectivity index (χ3n) is 4.71. The topological polar surface area (TPSA) is 96.3 Å². The number of benzene rings is 3. The molecule has 0 saturated heterocycles. The third kappa shape index (κ3) is 3.89. The molecule has 0 fully saturated rings. The van der Waals surface area contributed by atoms with Gasteiger partial charge in [-0.2, -0.15) is 5.26 Å². The smallest absolute Gasteiger partial charge is 0.262 e. The van der Waals surface area contributed by atoms with Crippen molar-refractivity contribution >= 4 is 46.4 Å². The molecule has 6 nitrogen and oxygen atoms in total. The van der Waals surface area contributed by atoms with Gasteiger partial charge in [0.25, 0.3) is 5.91 Å². The van der Waals surface area contributed by atoms with E-state index in [0.717, 1.165) is 0 Å². The summed E-state index contributed by atoms with van der Waals surface area (Å²) in [5.74, 6) is -0.927. The van der Waals surface area contributed by atoms with E-state index >= 15 is 0 Å². The maximum atomic E-state index is 12.8. The lowest BCUT2D eigenvalue weighted by Gasteiger charge is -2.19. The first kappa shape index (κ1) is 20.6. The number of carbonyl (C=O) groups excluding carboxylic acids is 3. The highest BCUT2D eigenvalue weighted by molar-refractivity contribution is 6.36. The number of ketones is 2. The van der Waals surface area contributed by atoms with Crippen LogP contribution in [0.25, 0.3) is 0 Å². The van der Waals surface area contributed by atoms with Crippen LogP contribution in [0.1, 0.15) is 37.4 Å². The van der Waals surface area contributed by atoms with Gasteiger partial charge in [0.05, 0.1) is 27.4 Å². The van der Waals surface area contributed by atoms with Crippen molar-refractivity contribution in [2.45, 2.75) is 0 Å². The normalized spacial score (nSPS) is 11.9. The van der Waals surface area contributed by atoms with Gasteiger partial charge in [-0.3, -0.25) is 14.4 Å². The van der Waals surface area contributed by atoms with E-state index in [1.807, 2.05) is 6.07 Å². The number of anilines is 1. The predicted octanol–water partition coefficient (Wildman–Crippen LogP) is 4.66. The average Bonchev–Trinajstić information content (AvgIpc) is 2.77. The van der Waals surface area contributed by atoms with Crippen LogP contribution in [-0.4, -0.2) is 24.1 Å². The van der Waals surface area contributed by atoms with Crippen LogP contribution in [0.4, 0.5) is 5.69 Å². The Hall–Kier alpha value is -3.66. The number of hydrogen-bond acceptors (Lipinski definition) is 5. The second kappa shape index (κ2) is 8.23. The number of carbonyl (C=O) groups is 3. The van der Waals surface area contributed by atoms with Crippen LogP contribution in [-0.2, 0) is 4.79 Å². The zero-order chi connectivity index (χ0) is 22.1. The van der Waals surface area contributed by atoms with E-state index in [1.165, 1.54) is 30.3 Å². The van der Waals surface area contributed by atoms with Crippen molar-refractivity contribution in [2.24, 2.45) is 0 Å². The quantitative estimate of drug-likeness (QED) is 0.487. The molecule has 3 aromatic carbocycles. The highest BCUT2D eigenvalue weighted by atomic mass is 35.5. The van der Waals surface area contributed by atoms with E-state index in [4.69, 9.17) is 33.2 Å². The molecule has 3 aromatic rings. The summed E-state index contributed by atoms with van der Waals surface area (Å²) < 4.78 is 5.39. The molecular formula is C23H12Cl2N2O4. The van der Waals surface area contributed by atoms with Gasteiger partial charge in [0, 0.05) is 22.3 Å². The first-order chi connectivity index (χ1) is 14.9. The predicted molar refractivity (Wildman–Crippen MR) is 115 cm³/mol. The fourth-order valence-corrected chi connectivity index (χ4v) is 3.68. The summed E-state index contributed by atoms with van der Waals surface area (Å²) in [5.41, 5.74) is 1.52. The molecule has 0 aliphatic heterocycles. The van der Waals surface area contributed by atoms with Gasteiger partial charge in [-0.05, 0) is 30.3 Å². The Morgan fingerprint density at radius 3 is 2.16 bits per heavy atom. The van der Waals surface area contributed by atoms with Crippen molar-refractivity contribution in [3.8, 4) is 11.8 Å². The molecule has 4 rings (SSSR count). The van der Waals surface area contributed by atoms with Crippen LogP contribution in [0, 0.1) is 11.3 Å². The minimum Gasteiger partial charge on any atom is -0.482 e. The molecule has 0 spiro atoms. The van der Waals surface area contributed by atoms with Gasteiger partial charge < -0.3 is 10.1 Å². The van der Waals surface area contributed by atoms with Crippen molar-refractivity contribution in [1.29, 1.82) is 5.26 Å². The molecule has 1 amide bonds. The molecule has 0 bridgehead atoms. The molecule has 0 saturated carbocycles. The summed E-state index contributed by atoms with van der Waals surface area (Å²) in [7, 11) is 0. The number of fused-ring (bicyclic) bond motifs is 2. The molecule has 1 N–H and O–H groups in total. The summed E-state index contributed by atoms with van der Waals surface area (Å²) in [6.07, 6.45) is 0. The van der Waals surface area contributed by atoms with Gasteiger partial charge in [0.2, 0.25) is 0 Å². The molecule has 31 heavy (non-hydrogen) atoms. The highest BCUT2D eigenvalue weighted by Crippen LogP contribution is 2.33. The fourth-order valence-electron chi connectivity index (χ4n) is 3.23. The van der Waals surface area contributed by atoms with E-state index in [1.54, 1.807) is 24.3 Å². The summed E-state index contributed by atoms with van der Waals surface area (Å²) in [4.78, 5) is 37.9. The molecule has 0 unspecified atom stereocenters. The number of ether oxygens (including phenoxy) is 1. The minimum absolute atomic E-state index is 0.115. The van der Waals surface area contributed by atoms with Gasteiger partial charge >= 0.3 is 0 Å². The van der Waals surface area contributed by atoms with Gasteiger partial charge in [-0.1, -0.05) is 47.5 Å². The van der Waals surface area contributed by atoms with Crippen molar-refractivity contribution in [3.05, 3.63) is 92.5 Å². The van der Waals surface area contributed by atoms with Crippen molar-refractivity contribution in [1.82, 2.24) is 0 Å². The Kier molecular flexibility index (Phi) is 5.47. The lowest BCUT2D eigenvalue weighted by molar-refractivity contribution is -0.118. The SMILES string of the molecule is N#Cc1ccc(OCC(=O)Nc2cc3c(cc2Cl)C(=O)c2ccccc2C3=O)c(Cl)c1. The fraction of sp³-hybridized carbons (Fsp3) is 0.0435. The lowest BCUT2D eigenvalue weighted by atomic mass is 9.84. The van der Waals surface area contributed by atoms with Gasteiger partial charge in [0.15, 0.2) is 18.2 Å². The van der Waals surface area contributed by atoms with Crippen LogP contribution < -0.4 is 10.1 Å². The van der Waals surface area contributed by atoms with Crippen LogP contribution in [0.3, 0.4) is 0 Å². The zero-order valence-corrected chi connectivity index (χ0v) is 17.3. The molecule has 152 valence electrons. The number of rotatable bonds is 4. The number of nitrogens with zero attached hydrogens (tertiary/aromatic N) is 1. The summed E-state index contributed by atoms with van der Waals surface area (Å²) in [6, 6.07) is 15.7. The van der Waals surface area contributed by atoms with Crippen molar-refractivity contribution < 1.29 is 19.1 Å². The Morgan fingerprint density at radius 2 is 1.55 bits per heavy atom. The highest BCUT2D eigenvalue weighted by Gasteiger charge is 2.30. The van der Waals surface area contributed by atoms with E-state index in [0.29, 0.717) is 16.7 Å². The second-order valence-electron chi connectivity index (χ2n) is 6.68. The standard InChI is InChI=1S/C23H12Cl2N2O4/c24-17-8-15-16(23(30)14-4-2-1-3-13(14)22(15)29)9-19(17)27-21(28)11-31-20-6-5-12(10-26)7-18(20)25/h1-9H,11H2,(H,27,28). The molecular weight excluding hydrogens is 439 g/mol. The van der Waals surface area contributed by atoms with E-state index < -0.39 is 5.91 Å². The van der Waals surface area contributed by atoms with E-state index in [-0.39, 0.29) is 50.8 Å². The van der Waals surface area contributed by atoms with Gasteiger partial charge in [-0.15, -0.1) is 0 Å². The Labute approximate surface area is 187 Å². The maximum absolute atomic E-state index is 12.8. The Balaban J connectivity index is 1.53. The summed E-state index contributed by atoms with van der Waals surface area (Å²) in [6.45, 7) is -0.380. The van der Waals surface area contributed by atoms with Crippen LogP contribution in [0.2, 0.25) is 10.0 Å². The minimum atomic E-state index is -0.544. The number of hydrogen-bond donors (Lipinski definition) is 1. The van der Waals surface area contributed by atoms with Crippen LogP contribution in [0.15, 0.2) is 54.6 Å². The molecule has 1 aliphatic carbocycles. The average molecular weight is 451 g/mol. The molecule has 0 aromatic heterocycles. The molecule has 8 heteroatoms. The van der Waals surface area contributed by atoms with E-state index in [2.05, 4.69) is 5.32 Å². The molecule has 1 aliphatic rings. The van der Waals surface area contributed by atoms with E-state index in [9.17, 15) is 14.4 Å². The maximum Gasteiger partial charge on any atom is 0.262 e. The molecule has 0 radical (unpaired) electrons. The van der Waals surface area contributed by atoms with Gasteiger partial charge in [0.1, 0.15) is 5.75 Å². The summed E-state index contributed by atoms with van der Waals surface area (Å²) >= 11 is 12.3. The molecule has 0 heterocycles. The lowest BCUT2D eigenvalue weighted by Crippen LogP contribution is -2.23.